The lowest BCUT2D eigenvalue weighted by atomic mass is 9.78. The molecule has 2 aliphatic carbocycles. The largest absolute Gasteiger partial charge is 0.378 e. The monoisotopic (exact) mass is 496 g/mol. The zero-order valence-corrected chi connectivity index (χ0v) is 23.3. The smallest absolute Gasteiger partial charge is 0.196 e. The number of carbonyl (C=O) groups excluding carboxylic acids is 1. The van der Waals surface area contributed by atoms with Gasteiger partial charge in [-0.25, -0.2) is 0 Å². The molecule has 2 aliphatic rings. The van der Waals surface area contributed by atoms with E-state index in [2.05, 4.69) is 63.3 Å². The van der Waals surface area contributed by atoms with E-state index >= 15 is 0 Å². The van der Waals surface area contributed by atoms with Crippen molar-refractivity contribution in [3.05, 3.63) is 47.6 Å². The Morgan fingerprint density at radius 1 is 1.03 bits per heavy atom. The topological polar surface area (TPSA) is 26.3 Å². The molecular formula is C32H48O2S. The van der Waals surface area contributed by atoms with Crippen molar-refractivity contribution in [3.8, 4) is 0 Å². The summed E-state index contributed by atoms with van der Waals surface area (Å²) in [5.74, 6) is 1.91. The summed E-state index contributed by atoms with van der Waals surface area (Å²) in [6.45, 7) is 7.81. The highest BCUT2D eigenvalue weighted by molar-refractivity contribution is 8.13. The zero-order valence-electron chi connectivity index (χ0n) is 22.5. The zero-order chi connectivity index (χ0) is 24.9. The third-order valence-electron chi connectivity index (χ3n) is 7.79. The molecule has 3 rings (SSSR count). The highest BCUT2D eigenvalue weighted by Crippen LogP contribution is 2.37. The molecule has 0 spiro atoms. The maximum atomic E-state index is 12.9. The standard InChI is InChI=1S/C32H48O2S/c1-4-6-7-23-34-30-19-13-26(14-20-30)9-10-27-15-21-31(22-16-27)35-32(33)29-17-11-28(12-18-29)24-25(3)8-5-2/h9-10,13,15-16,21-22,25,28-30H,4-8,11-12,14,17-20,23-24H2,1-3H3. The molecule has 0 aliphatic heterocycles. The second-order valence-electron chi connectivity index (χ2n) is 10.9. The van der Waals surface area contributed by atoms with E-state index < -0.39 is 0 Å². The Bertz CT molecular complexity index is 801. The first-order valence-electron chi connectivity index (χ1n) is 14.4. The first-order valence-corrected chi connectivity index (χ1v) is 15.2. The van der Waals surface area contributed by atoms with Gasteiger partial charge in [0, 0.05) is 17.4 Å². The minimum atomic E-state index is 0.245. The fourth-order valence-corrected chi connectivity index (χ4v) is 6.51. The number of hydrogen-bond acceptors (Lipinski definition) is 3. The molecule has 0 saturated heterocycles. The van der Waals surface area contributed by atoms with E-state index in [0.29, 0.717) is 11.2 Å². The summed E-state index contributed by atoms with van der Waals surface area (Å²) >= 11 is 1.45. The number of rotatable bonds is 13. The number of allylic oxidation sites excluding steroid dienone is 2. The van der Waals surface area contributed by atoms with E-state index in [-0.39, 0.29) is 5.92 Å². The van der Waals surface area contributed by atoms with Gasteiger partial charge >= 0.3 is 0 Å². The molecule has 194 valence electrons. The Balaban J connectivity index is 1.38. The Morgan fingerprint density at radius 2 is 1.80 bits per heavy atom. The third kappa shape index (κ3) is 10.3. The van der Waals surface area contributed by atoms with E-state index in [0.717, 1.165) is 55.4 Å². The van der Waals surface area contributed by atoms with Crippen LogP contribution in [0.5, 0.6) is 0 Å². The lowest BCUT2D eigenvalue weighted by Gasteiger charge is -2.29. The van der Waals surface area contributed by atoms with Crippen LogP contribution in [0.25, 0.3) is 6.08 Å². The Labute approximate surface area is 219 Å². The first kappa shape index (κ1) is 28.3. The van der Waals surface area contributed by atoms with Gasteiger partial charge in [-0.2, -0.15) is 0 Å². The summed E-state index contributed by atoms with van der Waals surface area (Å²) in [6.07, 6.45) is 22.7. The lowest BCUT2D eigenvalue weighted by Crippen LogP contribution is -2.21. The van der Waals surface area contributed by atoms with Crippen LogP contribution in [-0.2, 0) is 9.53 Å². The number of carbonyl (C=O) groups is 1. The van der Waals surface area contributed by atoms with Gasteiger partial charge in [-0.3, -0.25) is 4.79 Å². The maximum absolute atomic E-state index is 12.9. The van der Waals surface area contributed by atoms with Crippen LogP contribution in [0.3, 0.4) is 0 Å². The quantitative estimate of drug-likeness (QED) is 0.201. The van der Waals surface area contributed by atoms with Gasteiger partial charge in [0.2, 0.25) is 0 Å². The van der Waals surface area contributed by atoms with E-state index in [4.69, 9.17) is 4.74 Å². The van der Waals surface area contributed by atoms with Crippen LogP contribution in [0, 0.1) is 17.8 Å². The lowest BCUT2D eigenvalue weighted by molar-refractivity contribution is -0.115. The Morgan fingerprint density at radius 3 is 2.46 bits per heavy atom. The van der Waals surface area contributed by atoms with Crippen LogP contribution in [0.2, 0.25) is 0 Å². The number of benzene rings is 1. The van der Waals surface area contributed by atoms with Crippen LogP contribution in [0.1, 0.15) is 110 Å². The molecule has 0 amide bonds. The van der Waals surface area contributed by atoms with Gasteiger partial charge in [-0.15, -0.1) is 0 Å². The minimum absolute atomic E-state index is 0.245. The van der Waals surface area contributed by atoms with Gasteiger partial charge in [0.1, 0.15) is 0 Å². The van der Waals surface area contributed by atoms with Gasteiger partial charge in [0.05, 0.1) is 6.10 Å². The number of thioether (sulfide) groups is 1. The van der Waals surface area contributed by atoms with Crippen molar-refractivity contribution in [1.29, 1.82) is 0 Å². The van der Waals surface area contributed by atoms with Crippen LogP contribution >= 0.6 is 11.8 Å². The molecule has 0 heterocycles. The minimum Gasteiger partial charge on any atom is -0.378 e. The number of unbranched alkanes of at least 4 members (excludes halogenated alkanes) is 2. The molecule has 0 radical (unpaired) electrons. The third-order valence-corrected chi connectivity index (χ3v) is 8.83. The van der Waals surface area contributed by atoms with Crippen molar-refractivity contribution in [2.45, 2.75) is 115 Å². The second-order valence-corrected chi connectivity index (χ2v) is 12.0. The van der Waals surface area contributed by atoms with Gasteiger partial charge in [-0.05, 0) is 87.3 Å². The molecule has 2 unspecified atom stereocenters. The van der Waals surface area contributed by atoms with E-state index in [1.54, 1.807) is 0 Å². The average Bonchev–Trinajstić information content (AvgIpc) is 2.87. The molecule has 2 atom stereocenters. The first-order chi connectivity index (χ1) is 17.1. The molecule has 2 nitrogen and oxygen atoms in total. The molecule has 0 aromatic heterocycles. The van der Waals surface area contributed by atoms with Crippen LogP contribution < -0.4 is 0 Å². The Hall–Kier alpha value is -1.32. The molecule has 0 bridgehead atoms. The SMILES string of the molecule is CCCCCOC1CC=C(C=Cc2ccc(SC(=O)C3CCC(CC(C)CCC)CC3)cc2)CC1. The van der Waals surface area contributed by atoms with Gasteiger partial charge < -0.3 is 4.74 Å². The molecule has 3 heteroatoms. The molecule has 0 N–H and O–H groups in total. The molecule has 35 heavy (non-hydrogen) atoms. The summed E-state index contributed by atoms with van der Waals surface area (Å²) in [7, 11) is 0. The summed E-state index contributed by atoms with van der Waals surface area (Å²) in [6, 6.07) is 8.49. The highest BCUT2D eigenvalue weighted by Gasteiger charge is 2.27. The van der Waals surface area contributed by atoms with Gasteiger partial charge in [-0.1, -0.05) is 94.2 Å². The summed E-state index contributed by atoms with van der Waals surface area (Å²) in [5, 5.41) is 0.368. The van der Waals surface area contributed by atoms with E-state index in [1.807, 2.05) is 0 Å². The molecule has 1 fully saturated rings. The van der Waals surface area contributed by atoms with E-state index in [1.165, 1.54) is 74.3 Å². The van der Waals surface area contributed by atoms with Crippen LogP contribution in [-0.4, -0.2) is 17.8 Å². The second kappa shape index (κ2) is 15.7. The molecule has 1 aromatic rings. The van der Waals surface area contributed by atoms with Crippen molar-refractivity contribution in [2.75, 3.05) is 6.61 Å². The molecular weight excluding hydrogens is 448 g/mol. The molecule has 1 saturated carbocycles. The van der Waals surface area contributed by atoms with Gasteiger partial charge in [0.15, 0.2) is 5.12 Å². The Kier molecular flexibility index (Phi) is 12.7. The van der Waals surface area contributed by atoms with Gasteiger partial charge in [0.25, 0.3) is 0 Å². The van der Waals surface area contributed by atoms with Crippen molar-refractivity contribution >= 4 is 23.0 Å². The van der Waals surface area contributed by atoms with Crippen molar-refractivity contribution in [3.63, 3.8) is 0 Å². The predicted octanol–water partition coefficient (Wildman–Crippen LogP) is 9.64. The predicted molar refractivity (Wildman–Crippen MR) is 152 cm³/mol. The summed E-state index contributed by atoms with van der Waals surface area (Å²) in [5.41, 5.74) is 2.61. The van der Waals surface area contributed by atoms with Crippen LogP contribution in [0.15, 0.2) is 46.9 Å². The summed E-state index contributed by atoms with van der Waals surface area (Å²) in [4.78, 5) is 13.9. The summed E-state index contributed by atoms with van der Waals surface area (Å²) < 4.78 is 6.02. The number of hydrogen-bond donors (Lipinski definition) is 0. The fourth-order valence-electron chi connectivity index (χ4n) is 5.60. The van der Waals surface area contributed by atoms with Crippen molar-refractivity contribution < 1.29 is 9.53 Å². The number of ether oxygens (including phenoxy) is 1. The van der Waals surface area contributed by atoms with Crippen molar-refractivity contribution in [1.82, 2.24) is 0 Å². The normalized spacial score (nSPS) is 23.9. The maximum Gasteiger partial charge on any atom is 0.196 e. The van der Waals surface area contributed by atoms with E-state index in [9.17, 15) is 4.79 Å². The molecule has 1 aromatic carbocycles. The highest BCUT2D eigenvalue weighted by atomic mass is 32.2. The fraction of sp³-hybridized carbons (Fsp3) is 0.656. The van der Waals surface area contributed by atoms with Crippen molar-refractivity contribution in [2.24, 2.45) is 17.8 Å². The van der Waals surface area contributed by atoms with Crippen LogP contribution in [0.4, 0.5) is 0 Å². The average molecular weight is 497 g/mol.